The number of hydrogen-bond acceptors (Lipinski definition) is 1. The van der Waals surface area contributed by atoms with Gasteiger partial charge in [0.1, 0.15) is 0 Å². The van der Waals surface area contributed by atoms with E-state index in [2.05, 4.69) is 19.9 Å². The second-order valence-corrected chi connectivity index (χ2v) is 4.20. The van der Waals surface area contributed by atoms with Crippen molar-refractivity contribution in [2.75, 3.05) is 0 Å². The molecule has 0 aliphatic rings. The summed E-state index contributed by atoms with van der Waals surface area (Å²) in [4.78, 5) is 11.0. The van der Waals surface area contributed by atoms with Gasteiger partial charge in [0.15, 0.2) is 0 Å². The summed E-state index contributed by atoms with van der Waals surface area (Å²) in [7, 11) is 0. The number of amides is 1. The molecule has 1 rings (SSSR count). The molecule has 0 atom stereocenters. The monoisotopic (exact) mass is 219 g/mol. The van der Waals surface area contributed by atoms with E-state index in [0.717, 1.165) is 31.2 Å². The van der Waals surface area contributed by atoms with Gasteiger partial charge < -0.3 is 5.73 Å². The van der Waals surface area contributed by atoms with E-state index in [0.29, 0.717) is 6.42 Å². The van der Waals surface area contributed by atoms with E-state index in [1.54, 1.807) is 0 Å². The van der Waals surface area contributed by atoms with E-state index in [9.17, 15) is 4.79 Å². The SMILES string of the molecule is CCCc1cccc(CC(N)=O)c1CCC. The lowest BCUT2D eigenvalue weighted by atomic mass is 9.93. The van der Waals surface area contributed by atoms with Crippen molar-refractivity contribution >= 4 is 5.91 Å². The van der Waals surface area contributed by atoms with E-state index < -0.39 is 0 Å². The number of primary amides is 1. The molecule has 0 aliphatic carbocycles. The van der Waals surface area contributed by atoms with Crippen molar-refractivity contribution in [3.05, 3.63) is 34.9 Å². The van der Waals surface area contributed by atoms with Crippen LogP contribution in [0.4, 0.5) is 0 Å². The lowest BCUT2D eigenvalue weighted by Gasteiger charge is -2.13. The van der Waals surface area contributed by atoms with E-state index in [4.69, 9.17) is 5.73 Å². The average Bonchev–Trinajstić information content (AvgIpc) is 2.22. The van der Waals surface area contributed by atoms with E-state index >= 15 is 0 Å². The van der Waals surface area contributed by atoms with Crippen molar-refractivity contribution in [3.63, 3.8) is 0 Å². The van der Waals surface area contributed by atoms with Gasteiger partial charge in [-0.05, 0) is 29.5 Å². The minimum absolute atomic E-state index is 0.244. The molecule has 16 heavy (non-hydrogen) atoms. The molecule has 2 nitrogen and oxygen atoms in total. The quantitative estimate of drug-likeness (QED) is 0.785. The minimum Gasteiger partial charge on any atom is -0.369 e. The van der Waals surface area contributed by atoms with E-state index in [1.807, 2.05) is 12.1 Å². The highest BCUT2D eigenvalue weighted by Gasteiger charge is 2.08. The summed E-state index contributed by atoms with van der Waals surface area (Å²) in [6.07, 6.45) is 4.73. The first kappa shape index (κ1) is 12.8. The van der Waals surface area contributed by atoms with Crippen LogP contribution in [0.15, 0.2) is 18.2 Å². The second-order valence-electron chi connectivity index (χ2n) is 4.20. The summed E-state index contributed by atoms with van der Waals surface area (Å²) in [6.45, 7) is 4.34. The number of nitrogens with two attached hydrogens (primary N) is 1. The molecule has 0 saturated heterocycles. The average molecular weight is 219 g/mol. The van der Waals surface area contributed by atoms with Crippen LogP contribution >= 0.6 is 0 Å². The van der Waals surface area contributed by atoms with Gasteiger partial charge in [-0.1, -0.05) is 44.9 Å². The van der Waals surface area contributed by atoms with Gasteiger partial charge in [-0.2, -0.15) is 0 Å². The number of carbonyl (C=O) groups excluding carboxylic acids is 1. The molecule has 88 valence electrons. The smallest absolute Gasteiger partial charge is 0.221 e. The van der Waals surface area contributed by atoms with Crippen LogP contribution in [0.1, 0.15) is 43.4 Å². The molecule has 0 heterocycles. The van der Waals surface area contributed by atoms with Gasteiger partial charge in [0.2, 0.25) is 5.91 Å². The van der Waals surface area contributed by atoms with Crippen LogP contribution in [-0.4, -0.2) is 5.91 Å². The number of aryl methyl sites for hydroxylation is 1. The third kappa shape index (κ3) is 3.37. The predicted octanol–water partition coefficient (Wildman–Crippen LogP) is 2.62. The van der Waals surface area contributed by atoms with Crippen molar-refractivity contribution in [2.24, 2.45) is 5.73 Å². The Morgan fingerprint density at radius 2 is 1.75 bits per heavy atom. The molecule has 0 aromatic heterocycles. The topological polar surface area (TPSA) is 43.1 Å². The normalized spacial score (nSPS) is 10.4. The predicted molar refractivity (Wildman–Crippen MR) is 67.3 cm³/mol. The van der Waals surface area contributed by atoms with Crippen LogP contribution in [0.25, 0.3) is 0 Å². The highest BCUT2D eigenvalue weighted by molar-refractivity contribution is 5.77. The first-order chi connectivity index (χ1) is 7.69. The molecular weight excluding hydrogens is 198 g/mol. The highest BCUT2D eigenvalue weighted by Crippen LogP contribution is 2.19. The Balaban J connectivity index is 3.04. The van der Waals surface area contributed by atoms with Gasteiger partial charge in [0, 0.05) is 0 Å². The Labute approximate surface area is 97.9 Å². The number of rotatable bonds is 6. The number of carbonyl (C=O) groups is 1. The van der Waals surface area contributed by atoms with Crippen LogP contribution in [-0.2, 0) is 24.1 Å². The molecule has 0 bridgehead atoms. The largest absolute Gasteiger partial charge is 0.369 e. The molecule has 0 saturated carbocycles. The Bertz CT molecular complexity index is 358. The molecule has 0 radical (unpaired) electrons. The van der Waals surface area contributed by atoms with E-state index in [1.165, 1.54) is 11.1 Å². The Kier molecular flexibility index (Phi) is 5.03. The fourth-order valence-electron chi connectivity index (χ4n) is 2.12. The third-order valence-electron chi connectivity index (χ3n) is 2.75. The maximum Gasteiger partial charge on any atom is 0.221 e. The molecule has 1 amide bonds. The zero-order valence-corrected chi connectivity index (χ0v) is 10.3. The van der Waals surface area contributed by atoms with E-state index in [-0.39, 0.29) is 5.91 Å². The van der Waals surface area contributed by atoms with Crippen LogP contribution in [0.3, 0.4) is 0 Å². The summed E-state index contributed by atoms with van der Waals surface area (Å²) < 4.78 is 0. The molecule has 1 aromatic rings. The van der Waals surface area contributed by atoms with Crippen molar-refractivity contribution in [1.29, 1.82) is 0 Å². The highest BCUT2D eigenvalue weighted by atomic mass is 16.1. The first-order valence-electron chi connectivity index (χ1n) is 6.07. The molecular formula is C14H21NO. The van der Waals surface area contributed by atoms with Crippen LogP contribution in [0, 0.1) is 0 Å². The van der Waals surface area contributed by atoms with Crippen LogP contribution in [0.2, 0.25) is 0 Å². The molecule has 2 heteroatoms. The summed E-state index contributed by atoms with van der Waals surface area (Å²) in [6, 6.07) is 6.22. The second kappa shape index (κ2) is 6.31. The lowest BCUT2D eigenvalue weighted by molar-refractivity contribution is -0.117. The maximum absolute atomic E-state index is 11.0. The van der Waals surface area contributed by atoms with Crippen LogP contribution in [0.5, 0.6) is 0 Å². The van der Waals surface area contributed by atoms with Crippen molar-refractivity contribution in [1.82, 2.24) is 0 Å². The van der Waals surface area contributed by atoms with Gasteiger partial charge in [0.05, 0.1) is 6.42 Å². The molecule has 2 N–H and O–H groups in total. The fourth-order valence-corrected chi connectivity index (χ4v) is 2.12. The summed E-state index contributed by atoms with van der Waals surface area (Å²) in [5.41, 5.74) is 9.10. The van der Waals surface area contributed by atoms with Gasteiger partial charge >= 0.3 is 0 Å². The Hall–Kier alpha value is -1.31. The summed E-state index contributed by atoms with van der Waals surface area (Å²) in [5.74, 6) is -0.244. The molecule has 0 aliphatic heterocycles. The zero-order valence-electron chi connectivity index (χ0n) is 10.3. The molecule has 0 fully saturated rings. The fraction of sp³-hybridized carbons (Fsp3) is 0.500. The zero-order chi connectivity index (χ0) is 12.0. The number of hydrogen-bond donors (Lipinski definition) is 1. The minimum atomic E-state index is -0.244. The Morgan fingerprint density at radius 1 is 1.12 bits per heavy atom. The Morgan fingerprint density at radius 3 is 2.31 bits per heavy atom. The number of benzene rings is 1. The third-order valence-corrected chi connectivity index (χ3v) is 2.75. The lowest BCUT2D eigenvalue weighted by Crippen LogP contribution is -2.15. The van der Waals surface area contributed by atoms with Gasteiger partial charge in [-0.25, -0.2) is 0 Å². The van der Waals surface area contributed by atoms with Crippen molar-refractivity contribution in [3.8, 4) is 0 Å². The first-order valence-corrected chi connectivity index (χ1v) is 6.07. The van der Waals surface area contributed by atoms with Gasteiger partial charge in [-0.15, -0.1) is 0 Å². The van der Waals surface area contributed by atoms with Crippen molar-refractivity contribution < 1.29 is 4.79 Å². The molecule has 1 aromatic carbocycles. The molecule has 0 unspecified atom stereocenters. The summed E-state index contributed by atoms with van der Waals surface area (Å²) >= 11 is 0. The van der Waals surface area contributed by atoms with Crippen LogP contribution < -0.4 is 5.73 Å². The standard InChI is InChI=1S/C14H21NO/c1-3-6-11-8-5-9-12(10-14(15)16)13(11)7-4-2/h5,8-9H,3-4,6-7,10H2,1-2H3,(H2,15,16). The van der Waals surface area contributed by atoms with Gasteiger partial charge in [0.25, 0.3) is 0 Å². The maximum atomic E-state index is 11.0. The summed E-state index contributed by atoms with van der Waals surface area (Å²) in [5, 5.41) is 0. The van der Waals surface area contributed by atoms with Crippen molar-refractivity contribution in [2.45, 2.75) is 46.0 Å². The molecule has 0 spiro atoms. The van der Waals surface area contributed by atoms with Gasteiger partial charge in [-0.3, -0.25) is 4.79 Å².